The third-order valence-electron chi connectivity index (χ3n) is 2.51. The van der Waals surface area contributed by atoms with Crippen molar-refractivity contribution >= 4 is 0 Å². The van der Waals surface area contributed by atoms with E-state index in [1.807, 2.05) is 32.2 Å². The minimum absolute atomic E-state index is 1.06. The maximum absolute atomic E-state index is 4.04. The molecule has 0 bridgehead atoms. The van der Waals surface area contributed by atoms with Crippen LogP contribution in [0.15, 0.2) is 60.4 Å². The van der Waals surface area contributed by atoms with Crippen molar-refractivity contribution in [2.24, 2.45) is 0 Å². The summed E-state index contributed by atoms with van der Waals surface area (Å²) in [5.41, 5.74) is 2.39. The summed E-state index contributed by atoms with van der Waals surface area (Å²) in [5.74, 6) is 0. The van der Waals surface area contributed by atoms with Gasteiger partial charge in [0.25, 0.3) is 0 Å². The van der Waals surface area contributed by atoms with E-state index in [-0.39, 0.29) is 0 Å². The second-order valence-electron chi connectivity index (χ2n) is 4.16. The van der Waals surface area contributed by atoms with E-state index in [1.54, 1.807) is 0 Å². The molecule has 1 nitrogen and oxygen atoms in total. The summed E-state index contributed by atoms with van der Waals surface area (Å²) in [4.78, 5) is 0. The van der Waals surface area contributed by atoms with Crippen LogP contribution in [0.2, 0.25) is 0 Å². The van der Waals surface area contributed by atoms with Crippen LogP contribution in [0, 0.1) is 0 Å². The van der Waals surface area contributed by atoms with E-state index < -0.39 is 0 Å². The molecule has 0 aliphatic carbocycles. The third-order valence-corrected chi connectivity index (χ3v) is 2.51. The average Bonchev–Trinajstić information content (AvgIpc) is 2.37. The van der Waals surface area contributed by atoms with Gasteiger partial charge in [-0.25, -0.2) is 0 Å². The minimum atomic E-state index is 1.06. The largest absolute Gasteiger partial charge is 0.388 e. The van der Waals surface area contributed by atoms with Crippen molar-refractivity contribution in [1.82, 2.24) is 5.32 Å². The first kappa shape index (κ1) is 16.5. The van der Waals surface area contributed by atoms with E-state index in [0.717, 1.165) is 25.7 Å². The number of hydrogen-bond donors (Lipinski definition) is 1. The topological polar surface area (TPSA) is 12.0 Å². The van der Waals surface area contributed by atoms with Gasteiger partial charge in [0.1, 0.15) is 0 Å². The Morgan fingerprint density at radius 2 is 2.00 bits per heavy atom. The fourth-order valence-corrected chi connectivity index (χ4v) is 1.52. The minimum Gasteiger partial charge on any atom is -0.388 e. The highest BCUT2D eigenvalue weighted by Gasteiger charge is 1.89. The second kappa shape index (κ2) is 12.0. The summed E-state index contributed by atoms with van der Waals surface area (Å²) in [6.45, 7) is 8.20. The molecule has 1 N–H and O–H groups in total. The molecule has 0 spiro atoms. The van der Waals surface area contributed by atoms with Crippen LogP contribution in [0.5, 0.6) is 0 Å². The molecule has 0 aromatic carbocycles. The first-order valence-electron chi connectivity index (χ1n) is 6.76. The summed E-state index contributed by atoms with van der Waals surface area (Å²) in [7, 11) is 1.96. The van der Waals surface area contributed by atoms with E-state index in [1.165, 1.54) is 11.3 Å². The lowest BCUT2D eigenvalue weighted by Gasteiger charge is -2.00. The highest BCUT2D eigenvalue weighted by Crippen LogP contribution is 2.08. The molecule has 18 heavy (non-hydrogen) atoms. The van der Waals surface area contributed by atoms with Crippen LogP contribution in [0.3, 0.4) is 0 Å². The fourth-order valence-electron chi connectivity index (χ4n) is 1.52. The smallest absolute Gasteiger partial charge is 0.0293 e. The predicted octanol–water partition coefficient (Wildman–Crippen LogP) is 4.91. The lowest BCUT2D eigenvalue weighted by molar-refractivity contribution is 0.846. The van der Waals surface area contributed by atoms with Gasteiger partial charge in [0.05, 0.1) is 0 Å². The zero-order valence-corrected chi connectivity index (χ0v) is 12.1. The molecule has 0 heterocycles. The first-order chi connectivity index (χ1) is 8.74. The van der Waals surface area contributed by atoms with Crippen molar-refractivity contribution in [3.8, 4) is 0 Å². The highest BCUT2D eigenvalue weighted by atomic mass is 14.8. The van der Waals surface area contributed by atoms with Crippen LogP contribution >= 0.6 is 0 Å². The van der Waals surface area contributed by atoms with Gasteiger partial charge in [0.2, 0.25) is 0 Å². The molecule has 0 amide bonds. The number of unbranched alkanes of at least 4 members (excludes halogenated alkanes) is 1. The lowest BCUT2D eigenvalue weighted by Crippen LogP contribution is -2.02. The van der Waals surface area contributed by atoms with Crippen molar-refractivity contribution in [3.05, 3.63) is 60.4 Å². The molecule has 0 saturated carbocycles. The predicted molar refractivity (Wildman–Crippen MR) is 83.5 cm³/mol. The Bertz CT molecular complexity index is 330. The highest BCUT2D eigenvalue weighted by molar-refractivity contribution is 5.19. The van der Waals surface area contributed by atoms with E-state index in [0.29, 0.717) is 0 Å². The molecule has 0 aliphatic heterocycles. The van der Waals surface area contributed by atoms with Gasteiger partial charge in [0, 0.05) is 12.7 Å². The van der Waals surface area contributed by atoms with Crippen molar-refractivity contribution in [2.75, 3.05) is 7.05 Å². The molecule has 0 fully saturated rings. The molecule has 0 rings (SSSR count). The molecule has 0 unspecified atom stereocenters. The van der Waals surface area contributed by atoms with Crippen LogP contribution in [0.4, 0.5) is 0 Å². The van der Waals surface area contributed by atoms with Crippen LogP contribution < -0.4 is 5.32 Å². The molecule has 0 aromatic rings. The molecule has 0 radical (unpaired) electrons. The Labute approximate surface area is 113 Å². The summed E-state index contributed by atoms with van der Waals surface area (Å²) < 4.78 is 0. The third kappa shape index (κ3) is 9.71. The summed E-state index contributed by atoms with van der Waals surface area (Å²) in [6, 6.07) is 0. The molecule has 0 aromatic heterocycles. The number of hydrogen-bond acceptors (Lipinski definition) is 1. The van der Waals surface area contributed by atoms with Crippen LogP contribution in [0.1, 0.15) is 39.5 Å². The van der Waals surface area contributed by atoms with Gasteiger partial charge in [-0.15, -0.1) is 0 Å². The molecule has 1 heteroatoms. The van der Waals surface area contributed by atoms with E-state index in [9.17, 15) is 0 Å². The Hall–Kier alpha value is -1.50. The molecular weight excluding hydrogens is 218 g/mol. The van der Waals surface area contributed by atoms with Gasteiger partial charge in [0.15, 0.2) is 0 Å². The molecule has 0 atom stereocenters. The lowest BCUT2D eigenvalue weighted by atomic mass is 10.1. The monoisotopic (exact) mass is 245 g/mol. The molecule has 100 valence electrons. The zero-order chi connectivity index (χ0) is 13.6. The van der Waals surface area contributed by atoms with Gasteiger partial charge in [-0.2, -0.15) is 0 Å². The maximum atomic E-state index is 4.04. The second-order valence-corrected chi connectivity index (χ2v) is 4.16. The maximum Gasteiger partial charge on any atom is 0.0293 e. The number of allylic oxidation sites excluding steroid dienone is 8. The van der Waals surface area contributed by atoms with Crippen molar-refractivity contribution < 1.29 is 0 Å². The number of rotatable bonds is 9. The van der Waals surface area contributed by atoms with Gasteiger partial charge in [-0.1, -0.05) is 55.5 Å². The summed E-state index contributed by atoms with van der Waals surface area (Å²) >= 11 is 0. The van der Waals surface area contributed by atoms with Gasteiger partial charge < -0.3 is 5.32 Å². The van der Waals surface area contributed by atoms with Gasteiger partial charge in [-0.3, -0.25) is 0 Å². The van der Waals surface area contributed by atoms with Crippen LogP contribution in [-0.4, -0.2) is 7.05 Å². The SMILES string of the molecule is C=C(/C=C\C=C/C)CCC/C=C\C(=C/CC)NC. The zero-order valence-electron chi connectivity index (χ0n) is 12.1. The van der Waals surface area contributed by atoms with Crippen molar-refractivity contribution in [2.45, 2.75) is 39.5 Å². The standard InChI is InChI=1S/C17H27N/c1-5-7-9-13-16(3)14-10-8-11-15-17(18-4)12-6-2/h5,7,9,11-13,15,18H,3,6,8,10,14H2,1-2,4H3/b7-5-,13-9-,15-11-,17-12+. The van der Waals surface area contributed by atoms with Crippen molar-refractivity contribution in [3.63, 3.8) is 0 Å². The quantitative estimate of drug-likeness (QED) is 0.449. The van der Waals surface area contributed by atoms with Gasteiger partial charge in [-0.05, 0) is 38.7 Å². The van der Waals surface area contributed by atoms with E-state index >= 15 is 0 Å². The Morgan fingerprint density at radius 1 is 1.22 bits per heavy atom. The van der Waals surface area contributed by atoms with E-state index in [4.69, 9.17) is 0 Å². The average molecular weight is 245 g/mol. The Morgan fingerprint density at radius 3 is 2.61 bits per heavy atom. The fraction of sp³-hybridized carbons (Fsp3) is 0.412. The van der Waals surface area contributed by atoms with Crippen LogP contribution in [0.25, 0.3) is 0 Å². The van der Waals surface area contributed by atoms with E-state index in [2.05, 4.69) is 43.1 Å². The summed E-state index contributed by atoms with van der Waals surface area (Å²) in [6.07, 6.45) is 19.1. The Kier molecular flexibility index (Phi) is 11.0. The number of nitrogens with one attached hydrogen (secondary N) is 1. The Balaban J connectivity index is 3.82. The van der Waals surface area contributed by atoms with Crippen molar-refractivity contribution in [1.29, 1.82) is 0 Å². The number of likely N-dealkylation sites (N-methyl/N-ethyl adjacent to an activating group) is 1. The molecule has 0 saturated heterocycles. The first-order valence-corrected chi connectivity index (χ1v) is 6.76. The molecular formula is C17H27N. The van der Waals surface area contributed by atoms with Crippen LogP contribution in [-0.2, 0) is 0 Å². The molecule has 0 aliphatic rings. The van der Waals surface area contributed by atoms with Gasteiger partial charge >= 0.3 is 0 Å². The normalized spacial score (nSPS) is 12.9. The summed E-state index contributed by atoms with van der Waals surface area (Å²) in [5, 5.41) is 3.17.